The summed E-state index contributed by atoms with van der Waals surface area (Å²) in [5, 5.41) is 0. The van der Waals surface area contributed by atoms with Crippen LogP contribution < -0.4 is 10.6 Å². The van der Waals surface area contributed by atoms with Gasteiger partial charge in [-0.15, -0.1) is 0 Å². The normalized spacial score (nSPS) is 16.6. The number of aromatic nitrogens is 1. The maximum Gasteiger partial charge on any atom is 0.128 e. The monoisotopic (exact) mass is 272 g/mol. The largest absolute Gasteiger partial charge is 0.463 e. The number of nitrogens with zero attached hydrogens (tertiary/aromatic N) is 3. The summed E-state index contributed by atoms with van der Waals surface area (Å²) in [6.45, 7) is 5.37. The topological polar surface area (TPSA) is 58.5 Å². The molecule has 5 nitrogen and oxygen atoms in total. The number of hydrogen-bond donors (Lipinski definition) is 1. The number of hydrogen-bond acceptors (Lipinski definition) is 5. The van der Waals surface area contributed by atoms with E-state index in [9.17, 15) is 0 Å². The number of anilines is 1. The Morgan fingerprint density at radius 3 is 2.50 bits per heavy atom. The van der Waals surface area contributed by atoms with Gasteiger partial charge in [-0.25, -0.2) is 4.98 Å². The molecule has 0 radical (unpaired) electrons. The van der Waals surface area contributed by atoms with E-state index in [0.717, 1.165) is 50.1 Å². The molecule has 2 N–H and O–H groups in total. The highest BCUT2D eigenvalue weighted by Gasteiger charge is 2.18. The van der Waals surface area contributed by atoms with E-state index in [-0.39, 0.29) is 0 Å². The lowest BCUT2D eigenvalue weighted by molar-refractivity contribution is 0.228. The maximum absolute atomic E-state index is 5.65. The molecular weight excluding hydrogens is 252 g/mol. The zero-order valence-electron chi connectivity index (χ0n) is 11.5. The third-order valence-electron chi connectivity index (χ3n) is 3.64. The van der Waals surface area contributed by atoms with Gasteiger partial charge in [0.25, 0.3) is 0 Å². The van der Waals surface area contributed by atoms with Crippen LogP contribution in [0.5, 0.6) is 0 Å². The van der Waals surface area contributed by atoms with E-state index in [4.69, 9.17) is 10.2 Å². The molecule has 2 aromatic rings. The van der Waals surface area contributed by atoms with Gasteiger partial charge in [-0.3, -0.25) is 4.90 Å². The molecule has 2 aromatic heterocycles. The van der Waals surface area contributed by atoms with Crippen molar-refractivity contribution in [3.63, 3.8) is 0 Å². The Hall–Kier alpha value is -1.85. The maximum atomic E-state index is 5.65. The lowest BCUT2D eigenvalue weighted by atomic mass is 10.3. The molecule has 0 aliphatic carbocycles. The molecule has 0 unspecified atom stereocenters. The van der Waals surface area contributed by atoms with E-state index in [0.29, 0.717) is 6.54 Å². The number of piperazine rings is 1. The van der Waals surface area contributed by atoms with Gasteiger partial charge in [0.05, 0.1) is 13.1 Å². The van der Waals surface area contributed by atoms with Gasteiger partial charge in [-0.2, -0.15) is 0 Å². The third kappa shape index (κ3) is 3.00. The average Bonchev–Trinajstić information content (AvgIpc) is 2.97. The van der Waals surface area contributed by atoms with Crippen LogP contribution in [0, 0.1) is 0 Å². The van der Waals surface area contributed by atoms with Crippen LogP contribution in [0.15, 0.2) is 40.9 Å². The molecular formula is C15H20N4O. The first-order chi connectivity index (χ1) is 9.85. The number of pyridine rings is 1. The quantitative estimate of drug-likeness (QED) is 0.913. The molecule has 0 amide bonds. The van der Waals surface area contributed by atoms with Crippen LogP contribution in [0.1, 0.15) is 11.5 Å². The molecule has 5 heteroatoms. The van der Waals surface area contributed by atoms with Crippen LogP contribution in [-0.2, 0) is 13.1 Å². The third-order valence-corrected chi connectivity index (χ3v) is 3.64. The highest BCUT2D eigenvalue weighted by atomic mass is 16.3. The van der Waals surface area contributed by atoms with Crippen molar-refractivity contribution in [3.8, 4) is 0 Å². The second-order valence-electron chi connectivity index (χ2n) is 5.02. The summed E-state index contributed by atoms with van der Waals surface area (Å²) in [5.74, 6) is 2.92. The van der Waals surface area contributed by atoms with Crippen molar-refractivity contribution < 1.29 is 4.42 Å². The first kappa shape index (κ1) is 13.1. The van der Waals surface area contributed by atoms with E-state index >= 15 is 0 Å². The lowest BCUT2D eigenvalue weighted by Crippen LogP contribution is -2.46. The summed E-state index contributed by atoms with van der Waals surface area (Å²) < 4.78 is 5.65. The van der Waals surface area contributed by atoms with Gasteiger partial charge in [0.2, 0.25) is 0 Å². The van der Waals surface area contributed by atoms with Gasteiger partial charge in [0.15, 0.2) is 0 Å². The van der Waals surface area contributed by atoms with E-state index < -0.39 is 0 Å². The van der Waals surface area contributed by atoms with Crippen LogP contribution >= 0.6 is 0 Å². The summed E-state index contributed by atoms with van der Waals surface area (Å²) in [5.41, 5.74) is 5.56. The van der Waals surface area contributed by atoms with Crippen LogP contribution in [0.25, 0.3) is 0 Å². The Balaban J connectivity index is 1.53. The summed E-state index contributed by atoms with van der Waals surface area (Å²) in [7, 11) is 0. The van der Waals surface area contributed by atoms with E-state index in [1.165, 1.54) is 0 Å². The predicted octanol–water partition coefficient (Wildman–Crippen LogP) is 1.46. The summed E-state index contributed by atoms with van der Waals surface area (Å²) in [6.07, 6.45) is 1.85. The predicted molar refractivity (Wildman–Crippen MR) is 78.3 cm³/mol. The molecule has 0 spiro atoms. The highest BCUT2D eigenvalue weighted by Crippen LogP contribution is 2.15. The van der Waals surface area contributed by atoms with Crippen molar-refractivity contribution in [3.05, 3.63) is 48.0 Å². The fraction of sp³-hybridized carbons (Fsp3) is 0.400. The molecule has 20 heavy (non-hydrogen) atoms. The van der Waals surface area contributed by atoms with Crippen molar-refractivity contribution in [1.82, 2.24) is 9.88 Å². The fourth-order valence-electron chi connectivity index (χ4n) is 2.51. The molecule has 1 fully saturated rings. The van der Waals surface area contributed by atoms with Crippen LogP contribution in [0.3, 0.4) is 0 Å². The minimum absolute atomic E-state index is 0.466. The first-order valence-corrected chi connectivity index (χ1v) is 7.01. The van der Waals surface area contributed by atoms with Crippen LogP contribution in [-0.4, -0.2) is 36.1 Å². The molecule has 1 aliphatic rings. The summed E-state index contributed by atoms with van der Waals surface area (Å²) in [6, 6.07) is 10.0. The number of nitrogens with two attached hydrogens (primary N) is 1. The second-order valence-corrected chi connectivity index (χ2v) is 5.02. The average molecular weight is 272 g/mol. The fourth-order valence-corrected chi connectivity index (χ4v) is 2.51. The Morgan fingerprint density at radius 2 is 1.85 bits per heavy atom. The van der Waals surface area contributed by atoms with Crippen molar-refractivity contribution in [2.45, 2.75) is 13.1 Å². The van der Waals surface area contributed by atoms with E-state index in [2.05, 4.69) is 20.9 Å². The smallest absolute Gasteiger partial charge is 0.128 e. The van der Waals surface area contributed by atoms with Crippen molar-refractivity contribution >= 4 is 5.82 Å². The second kappa shape index (κ2) is 6.07. The lowest BCUT2D eigenvalue weighted by Gasteiger charge is -2.34. The van der Waals surface area contributed by atoms with Crippen LogP contribution in [0.4, 0.5) is 5.82 Å². The van der Waals surface area contributed by atoms with E-state index in [1.807, 2.05) is 30.5 Å². The summed E-state index contributed by atoms with van der Waals surface area (Å²) >= 11 is 0. The molecule has 3 heterocycles. The van der Waals surface area contributed by atoms with Gasteiger partial charge in [-0.05, 0) is 24.3 Å². The van der Waals surface area contributed by atoms with Gasteiger partial charge in [-0.1, -0.05) is 6.07 Å². The standard InChI is InChI=1S/C15H20N4O/c16-11-13-4-5-14(20-13)12-18-7-9-19(10-8-18)15-3-1-2-6-17-15/h1-6H,7-12,16H2. The molecule has 3 rings (SSSR count). The van der Waals surface area contributed by atoms with Gasteiger partial charge >= 0.3 is 0 Å². The first-order valence-electron chi connectivity index (χ1n) is 7.01. The SMILES string of the molecule is NCc1ccc(CN2CCN(c3ccccn3)CC2)o1. The van der Waals surface area contributed by atoms with Crippen molar-refractivity contribution in [2.75, 3.05) is 31.1 Å². The van der Waals surface area contributed by atoms with Gasteiger partial charge < -0.3 is 15.1 Å². The highest BCUT2D eigenvalue weighted by molar-refractivity contribution is 5.38. The Morgan fingerprint density at radius 1 is 1.05 bits per heavy atom. The Labute approximate surface area is 119 Å². The molecule has 0 atom stereocenters. The van der Waals surface area contributed by atoms with Gasteiger partial charge in [0, 0.05) is 32.4 Å². The molecule has 0 saturated carbocycles. The minimum Gasteiger partial charge on any atom is -0.463 e. The molecule has 0 bridgehead atoms. The molecule has 1 saturated heterocycles. The Kier molecular flexibility index (Phi) is 3.99. The molecule has 1 aliphatic heterocycles. The van der Waals surface area contributed by atoms with Crippen LogP contribution in [0.2, 0.25) is 0 Å². The van der Waals surface area contributed by atoms with E-state index in [1.54, 1.807) is 0 Å². The minimum atomic E-state index is 0.466. The zero-order chi connectivity index (χ0) is 13.8. The van der Waals surface area contributed by atoms with Crippen molar-refractivity contribution in [2.24, 2.45) is 5.73 Å². The Bertz CT molecular complexity index is 532. The molecule has 106 valence electrons. The zero-order valence-corrected chi connectivity index (χ0v) is 11.5. The summed E-state index contributed by atoms with van der Waals surface area (Å²) in [4.78, 5) is 9.13. The van der Waals surface area contributed by atoms with Gasteiger partial charge in [0.1, 0.15) is 17.3 Å². The number of rotatable bonds is 4. The molecule has 0 aromatic carbocycles. The van der Waals surface area contributed by atoms with Crippen molar-refractivity contribution in [1.29, 1.82) is 0 Å². The number of furan rings is 1.